The summed E-state index contributed by atoms with van der Waals surface area (Å²) in [6.45, 7) is 1.60. The Bertz CT molecular complexity index is 1450. The van der Waals surface area contributed by atoms with Crippen LogP contribution in [0, 0.1) is 10.6 Å². The van der Waals surface area contributed by atoms with Gasteiger partial charge in [0.1, 0.15) is 29.3 Å². The van der Waals surface area contributed by atoms with E-state index in [1.807, 2.05) is 0 Å². The number of hydrogen-bond acceptors (Lipinski definition) is 7. The minimum absolute atomic E-state index is 0.0386. The van der Waals surface area contributed by atoms with Gasteiger partial charge in [0.25, 0.3) is 12.0 Å². The molecule has 2 N–H and O–H groups in total. The number of aromatic nitrogens is 3. The molecule has 0 saturated heterocycles. The molecule has 4 rings (SSSR count). The Balaban J connectivity index is 1.78. The Kier molecular flexibility index (Phi) is 5.70. The van der Waals surface area contributed by atoms with Gasteiger partial charge in [-0.25, -0.2) is 32.1 Å². The fourth-order valence-corrected chi connectivity index (χ4v) is 4.19. The van der Waals surface area contributed by atoms with E-state index in [1.165, 1.54) is 64.3 Å². The molecular formula is C21H19F3N6O2S. The van der Waals surface area contributed by atoms with Crippen LogP contribution in [0.2, 0.25) is 0 Å². The number of anilines is 2. The highest BCUT2D eigenvalue weighted by Crippen LogP contribution is 2.30. The lowest BCUT2D eigenvalue weighted by molar-refractivity contribution is 0.146. The summed E-state index contributed by atoms with van der Waals surface area (Å²) in [5, 5.41) is 5.80. The smallest absolute Gasteiger partial charge is 0.276 e. The monoisotopic (exact) mass is 476 g/mol. The van der Waals surface area contributed by atoms with Crippen LogP contribution >= 0.6 is 0 Å². The zero-order chi connectivity index (χ0) is 23.9. The number of halogens is 3. The SMILES string of the molecule is C[C@@H](Nc1ncnc2c1cc(N1C=CS(=N)(=O)C=C1)c(=O)n2C)c1cccc(C(F)F)c1F. The highest BCUT2D eigenvalue weighted by atomic mass is 32.2. The lowest BCUT2D eigenvalue weighted by Gasteiger charge is -2.21. The van der Waals surface area contributed by atoms with E-state index in [4.69, 9.17) is 4.78 Å². The van der Waals surface area contributed by atoms with Crippen LogP contribution in [-0.2, 0) is 16.8 Å². The van der Waals surface area contributed by atoms with Crippen LogP contribution in [0.4, 0.5) is 24.7 Å². The molecule has 33 heavy (non-hydrogen) atoms. The predicted molar refractivity (Wildman–Crippen MR) is 120 cm³/mol. The molecule has 0 bridgehead atoms. The summed E-state index contributed by atoms with van der Waals surface area (Å²) in [4.78, 5) is 22.7. The number of nitrogens with zero attached hydrogens (tertiary/aromatic N) is 4. The summed E-state index contributed by atoms with van der Waals surface area (Å²) < 4.78 is 61.5. The number of fused-ring (bicyclic) bond motifs is 1. The molecule has 172 valence electrons. The van der Waals surface area contributed by atoms with Gasteiger partial charge in [-0.2, -0.15) is 0 Å². The second kappa shape index (κ2) is 8.35. The highest BCUT2D eigenvalue weighted by molar-refractivity contribution is 7.98. The van der Waals surface area contributed by atoms with Crippen LogP contribution in [-0.4, -0.2) is 18.7 Å². The van der Waals surface area contributed by atoms with Crippen LogP contribution in [0.25, 0.3) is 11.0 Å². The average molecular weight is 476 g/mol. The molecule has 12 heteroatoms. The van der Waals surface area contributed by atoms with Gasteiger partial charge in [0, 0.05) is 35.8 Å². The van der Waals surface area contributed by atoms with Crippen LogP contribution < -0.4 is 15.8 Å². The fourth-order valence-electron chi connectivity index (χ4n) is 3.47. The molecule has 3 aromatic rings. The molecule has 1 atom stereocenters. The summed E-state index contributed by atoms with van der Waals surface area (Å²) in [5.41, 5.74) is -0.568. The summed E-state index contributed by atoms with van der Waals surface area (Å²) in [6.07, 6.45) is 1.02. The summed E-state index contributed by atoms with van der Waals surface area (Å²) in [6, 6.07) is 4.59. The van der Waals surface area contributed by atoms with E-state index in [0.29, 0.717) is 11.0 Å². The molecular weight excluding hydrogens is 457 g/mol. The van der Waals surface area contributed by atoms with Gasteiger partial charge in [-0.3, -0.25) is 9.36 Å². The number of pyridine rings is 1. The minimum atomic E-state index is -3.00. The molecule has 1 aromatic carbocycles. The second-order valence-electron chi connectivity index (χ2n) is 7.40. The van der Waals surface area contributed by atoms with Crippen LogP contribution in [0.5, 0.6) is 0 Å². The maximum absolute atomic E-state index is 14.6. The summed E-state index contributed by atoms with van der Waals surface area (Å²) in [5.74, 6) is -0.734. The lowest BCUT2D eigenvalue weighted by Crippen LogP contribution is -2.26. The zero-order valence-electron chi connectivity index (χ0n) is 17.5. The topological polar surface area (TPSA) is 104 Å². The number of benzene rings is 1. The molecule has 0 unspecified atom stereocenters. The molecule has 0 saturated carbocycles. The Labute approximate surface area is 187 Å². The maximum atomic E-state index is 14.6. The van der Waals surface area contributed by atoms with E-state index < -0.39 is 39.1 Å². The summed E-state index contributed by atoms with van der Waals surface area (Å²) >= 11 is 0. The van der Waals surface area contributed by atoms with Crippen molar-refractivity contribution in [2.24, 2.45) is 7.05 Å². The standard InChI is InChI=1S/C21H19F3N6O2S/c1-12(13-4-3-5-14(17(13)22)18(23)24)28-19-15-10-16(30-6-8-33(25,32)9-7-30)21(31)29(2)20(15)27-11-26-19/h3-12,18,25H,1-2H3,(H,26,27,28)/t12-/m1/s1. The van der Waals surface area contributed by atoms with Crippen molar-refractivity contribution in [3.05, 3.63) is 81.1 Å². The predicted octanol–water partition coefficient (Wildman–Crippen LogP) is 4.39. The van der Waals surface area contributed by atoms with E-state index in [-0.39, 0.29) is 17.1 Å². The van der Waals surface area contributed by atoms with Gasteiger partial charge in [-0.1, -0.05) is 18.2 Å². The van der Waals surface area contributed by atoms with Crippen molar-refractivity contribution in [2.75, 3.05) is 10.2 Å². The van der Waals surface area contributed by atoms with E-state index in [0.717, 1.165) is 6.07 Å². The Morgan fingerprint density at radius 3 is 2.48 bits per heavy atom. The van der Waals surface area contributed by atoms with Crippen molar-refractivity contribution >= 4 is 32.3 Å². The number of nitrogens with one attached hydrogen (secondary N) is 2. The van der Waals surface area contributed by atoms with Crippen LogP contribution in [0.3, 0.4) is 0 Å². The number of rotatable bonds is 5. The molecule has 1 aliphatic heterocycles. The lowest BCUT2D eigenvalue weighted by atomic mass is 10.0. The van der Waals surface area contributed by atoms with Gasteiger partial charge >= 0.3 is 0 Å². The normalized spacial score (nSPS) is 15.9. The first kappa shape index (κ1) is 22.5. The van der Waals surface area contributed by atoms with Crippen LogP contribution in [0.1, 0.15) is 30.5 Å². The second-order valence-corrected chi connectivity index (χ2v) is 9.24. The van der Waals surface area contributed by atoms with E-state index in [9.17, 15) is 22.2 Å². The van der Waals surface area contributed by atoms with Crippen LogP contribution in [0.15, 0.2) is 58.6 Å². The Morgan fingerprint density at radius 2 is 1.82 bits per heavy atom. The first-order valence-corrected chi connectivity index (χ1v) is 11.4. The van der Waals surface area contributed by atoms with Gasteiger partial charge in [0.05, 0.1) is 26.7 Å². The number of alkyl halides is 2. The molecule has 1 aliphatic rings. The van der Waals surface area contributed by atoms with Crippen molar-refractivity contribution in [1.29, 1.82) is 4.78 Å². The minimum Gasteiger partial charge on any atom is -0.363 e. The van der Waals surface area contributed by atoms with E-state index >= 15 is 0 Å². The Hall–Kier alpha value is -3.67. The quantitative estimate of drug-likeness (QED) is 0.566. The third kappa shape index (κ3) is 4.21. The van der Waals surface area contributed by atoms with Crippen molar-refractivity contribution < 1.29 is 17.4 Å². The van der Waals surface area contributed by atoms with Gasteiger partial charge < -0.3 is 10.2 Å². The number of hydrogen-bond donors (Lipinski definition) is 2. The maximum Gasteiger partial charge on any atom is 0.276 e. The van der Waals surface area contributed by atoms with Gasteiger partial charge in [-0.05, 0) is 13.0 Å². The Morgan fingerprint density at radius 1 is 1.15 bits per heavy atom. The van der Waals surface area contributed by atoms with E-state index in [2.05, 4.69) is 15.3 Å². The van der Waals surface area contributed by atoms with Crippen molar-refractivity contribution in [2.45, 2.75) is 19.4 Å². The highest BCUT2D eigenvalue weighted by Gasteiger charge is 2.21. The van der Waals surface area contributed by atoms with Gasteiger partial charge in [0.2, 0.25) is 0 Å². The zero-order valence-corrected chi connectivity index (χ0v) is 18.3. The first-order valence-electron chi connectivity index (χ1n) is 9.70. The van der Waals surface area contributed by atoms with Gasteiger partial charge in [0.15, 0.2) is 0 Å². The summed E-state index contributed by atoms with van der Waals surface area (Å²) in [7, 11) is -1.48. The fraction of sp³-hybridized carbons (Fsp3) is 0.190. The van der Waals surface area contributed by atoms with Crippen molar-refractivity contribution in [3.8, 4) is 0 Å². The third-order valence-electron chi connectivity index (χ3n) is 5.22. The molecule has 0 aliphatic carbocycles. The third-order valence-corrected chi connectivity index (χ3v) is 6.28. The van der Waals surface area contributed by atoms with Crippen molar-refractivity contribution in [1.82, 2.24) is 14.5 Å². The molecule has 0 fully saturated rings. The number of aryl methyl sites for hydroxylation is 1. The average Bonchev–Trinajstić information content (AvgIpc) is 2.76. The molecule has 0 amide bonds. The largest absolute Gasteiger partial charge is 0.363 e. The molecule has 2 aromatic heterocycles. The molecule has 8 nitrogen and oxygen atoms in total. The molecule has 3 heterocycles. The molecule has 0 radical (unpaired) electrons. The molecule has 0 spiro atoms. The first-order chi connectivity index (χ1) is 15.6. The van der Waals surface area contributed by atoms with Gasteiger partial charge in [-0.15, -0.1) is 0 Å². The van der Waals surface area contributed by atoms with Crippen molar-refractivity contribution in [3.63, 3.8) is 0 Å². The van der Waals surface area contributed by atoms with E-state index in [1.54, 1.807) is 6.92 Å².